The molecule has 8 heteroatoms. The van der Waals surface area contributed by atoms with Crippen molar-refractivity contribution >= 4 is 34.3 Å². The summed E-state index contributed by atoms with van der Waals surface area (Å²) in [7, 11) is -7.03. The van der Waals surface area contributed by atoms with Gasteiger partial charge in [0.25, 0.3) is 5.69 Å². The summed E-state index contributed by atoms with van der Waals surface area (Å²) in [5.74, 6) is 0. The Morgan fingerprint density at radius 1 is 0.800 bits per heavy atom. The van der Waals surface area contributed by atoms with Crippen LogP contribution < -0.4 is 14.8 Å². The summed E-state index contributed by atoms with van der Waals surface area (Å²) in [5.41, 5.74) is -0.153. The molecular formula is C22H24N2O4SSi. The van der Waals surface area contributed by atoms with E-state index in [1.165, 1.54) is 24.3 Å². The minimum absolute atomic E-state index is 0.00101. The van der Waals surface area contributed by atoms with Gasteiger partial charge < -0.3 is 0 Å². The molecule has 0 aliphatic heterocycles. The Bertz CT molecular complexity index is 1090. The Balaban J connectivity index is 2.21. The molecule has 0 atom stereocenters. The van der Waals surface area contributed by atoms with Crippen LogP contribution >= 0.6 is 0 Å². The third-order valence-electron chi connectivity index (χ3n) is 5.18. The topological polar surface area (TPSA) is 89.3 Å². The van der Waals surface area contributed by atoms with E-state index in [1.54, 1.807) is 0 Å². The van der Waals surface area contributed by atoms with Crippen molar-refractivity contribution in [1.29, 1.82) is 0 Å². The number of non-ortho nitro benzene ring substituents is 1. The quantitative estimate of drug-likeness (QED) is 0.361. The molecule has 0 radical (unpaired) electrons. The lowest BCUT2D eigenvalue weighted by Gasteiger charge is -2.43. The molecule has 1 N–H and O–H groups in total. The molecule has 0 aromatic heterocycles. The van der Waals surface area contributed by atoms with Crippen molar-refractivity contribution in [1.82, 2.24) is 4.39 Å². The molecule has 30 heavy (non-hydrogen) atoms. The van der Waals surface area contributed by atoms with Crippen LogP contribution in [0.15, 0.2) is 89.8 Å². The first-order valence-electron chi connectivity index (χ1n) is 9.47. The van der Waals surface area contributed by atoms with Gasteiger partial charge in [0.05, 0.1) is 9.82 Å². The van der Waals surface area contributed by atoms with Crippen molar-refractivity contribution in [3.8, 4) is 0 Å². The molecule has 156 valence electrons. The maximum Gasteiger partial charge on any atom is 0.269 e. The summed E-state index contributed by atoms with van der Waals surface area (Å²) >= 11 is 0. The zero-order valence-electron chi connectivity index (χ0n) is 17.1. The molecule has 0 heterocycles. The summed E-state index contributed by atoms with van der Waals surface area (Å²) in [6, 6.07) is 24.3. The van der Waals surface area contributed by atoms with Crippen molar-refractivity contribution in [2.45, 2.75) is 30.7 Å². The summed E-state index contributed by atoms with van der Waals surface area (Å²) in [5, 5.41) is 12.4. The highest BCUT2D eigenvalue weighted by atomic mass is 32.2. The number of nitrogens with one attached hydrogen (secondary N) is 1. The molecule has 0 aliphatic carbocycles. The molecular weight excluding hydrogens is 416 g/mol. The highest BCUT2D eigenvalue weighted by Crippen LogP contribution is 2.35. The second kappa shape index (κ2) is 8.14. The predicted octanol–water partition coefficient (Wildman–Crippen LogP) is 3.43. The minimum atomic E-state index is -3.95. The largest absolute Gasteiger partial charge is 0.269 e. The summed E-state index contributed by atoms with van der Waals surface area (Å²) < 4.78 is 30.0. The molecule has 0 saturated carbocycles. The Morgan fingerprint density at radius 2 is 1.23 bits per heavy atom. The number of nitrogens with zero attached hydrogens (tertiary/aromatic N) is 1. The second-order valence-corrected chi connectivity index (χ2v) is 14.5. The van der Waals surface area contributed by atoms with Crippen molar-refractivity contribution in [3.63, 3.8) is 0 Å². The molecule has 6 nitrogen and oxygen atoms in total. The fraction of sp³-hybridized carbons (Fsp3) is 0.182. The number of rotatable bonds is 6. The summed E-state index contributed by atoms with van der Waals surface area (Å²) in [4.78, 5) is 10.4. The average Bonchev–Trinajstić information content (AvgIpc) is 2.72. The van der Waals surface area contributed by atoms with Crippen LogP contribution in [0.3, 0.4) is 0 Å². The Kier molecular flexibility index (Phi) is 5.94. The van der Waals surface area contributed by atoms with Crippen LogP contribution in [-0.4, -0.2) is 21.6 Å². The van der Waals surface area contributed by atoms with Crippen LogP contribution in [0.1, 0.15) is 20.8 Å². The van der Waals surface area contributed by atoms with Crippen LogP contribution in [0.25, 0.3) is 0 Å². The third kappa shape index (κ3) is 4.07. The molecule has 0 bridgehead atoms. The zero-order chi connectivity index (χ0) is 22.0. The standard InChI is InChI=1S/C22H24N2O4SSi/c1-22(2,3)30(20-10-6-4-7-11-20,21-12-8-5-9-13-21)23-29(27,28)19-16-14-18(15-17-19)24(25)26/h4-17,23H,1-3H3. The lowest BCUT2D eigenvalue weighted by Crippen LogP contribution is -2.74. The smallest absolute Gasteiger partial charge is 0.258 e. The third-order valence-corrected chi connectivity index (χ3v) is 13.0. The van der Waals surface area contributed by atoms with E-state index in [4.69, 9.17) is 0 Å². The van der Waals surface area contributed by atoms with E-state index < -0.39 is 28.2 Å². The number of nitro groups is 1. The molecule has 0 aliphatic rings. The first kappa shape index (κ1) is 21.9. The van der Waals surface area contributed by atoms with E-state index >= 15 is 0 Å². The van der Waals surface area contributed by atoms with Gasteiger partial charge in [-0.15, -0.1) is 0 Å². The predicted molar refractivity (Wildman–Crippen MR) is 121 cm³/mol. The van der Waals surface area contributed by atoms with Gasteiger partial charge in [0.15, 0.2) is 0 Å². The molecule has 0 unspecified atom stereocenters. The Hall–Kier alpha value is -2.81. The molecule has 0 amide bonds. The van der Waals surface area contributed by atoms with Crippen LogP contribution in [0.4, 0.5) is 5.69 Å². The minimum Gasteiger partial charge on any atom is -0.258 e. The van der Waals surface area contributed by atoms with Crippen molar-refractivity contribution in [3.05, 3.63) is 95.0 Å². The molecule has 3 aromatic carbocycles. The van der Waals surface area contributed by atoms with Gasteiger partial charge in [-0.1, -0.05) is 81.4 Å². The molecule has 0 spiro atoms. The lowest BCUT2D eigenvalue weighted by molar-refractivity contribution is -0.384. The van der Waals surface area contributed by atoms with Crippen LogP contribution in [0, 0.1) is 10.1 Å². The molecule has 3 aromatic rings. The second-order valence-electron chi connectivity index (χ2n) is 8.09. The van der Waals surface area contributed by atoms with Crippen molar-refractivity contribution in [2.24, 2.45) is 0 Å². The molecule has 0 saturated heterocycles. The van der Waals surface area contributed by atoms with E-state index in [-0.39, 0.29) is 10.6 Å². The van der Waals surface area contributed by atoms with Crippen LogP contribution in [-0.2, 0) is 10.0 Å². The van der Waals surface area contributed by atoms with Crippen LogP contribution in [0.2, 0.25) is 5.04 Å². The molecule has 3 rings (SSSR count). The highest BCUT2D eigenvalue weighted by molar-refractivity contribution is 7.91. The Labute approximate surface area is 177 Å². The maximum absolute atomic E-state index is 13.5. The van der Waals surface area contributed by atoms with Gasteiger partial charge in [0.2, 0.25) is 18.3 Å². The van der Waals surface area contributed by atoms with E-state index in [2.05, 4.69) is 4.39 Å². The normalized spacial score (nSPS) is 12.5. The van der Waals surface area contributed by atoms with Gasteiger partial charge in [-0.05, 0) is 27.5 Å². The number of hydrogen-bond donors (Lipinski definition) is 1. The van der Waals surface area contributed by atoms with E-state index in [1.807, 2.05) is 81.4 Å². The average molecular weight is 441 g/mol. The van der Waals surface area contributed by atoms with Gasteiger partial charge in [-0.2, -0.15) is 0 Å². The number of hydrogen-bond acceptors (Lipinski definition) is 4. The van der Waals surface area contributed by atoms with Crippen molar-refractivity contribution in [2.75, 3.05) is 0 Å². The highest BCUT2D eigenvalue weighted by Gasteiger charge is 2.51. The van der Waals surface area contributed by atoms with Gasteiger partial charge in [-0.25, -0.2) is 12.8 Å². The molecule has 0 fully saturated rings. The maximum atomic E-state index is 13.5. The van der Waals surface area contributed by atoms with E-state index in [0.717, 1.165) is 10.4 Å². The summed E-state index contributed by atoms with van der Waals surface area (Å²) in [6.07, 6.45) is 0. The fourth-order valence-corrected chi connectivity index (χ4v) is 11.9. The van der Waals surface area contributed by atoms with Gasteiger partial charge in [0.1, 0.15) is 0 Å². The van der Waals surface area contributed by atoms with Gasteiger partial charge in [-0.3, -0.25) is 10.1 Å². The number of benzene rings is 3. The van der Waals surface area contributed by atoms with Crippen molar-refractivity contribution < 1.29 is 13.3 Å². The number of nitro benzene ring substituents is 1. The Morgan fingerprint density at radius 3 is 1.60 bits per heavy atom. The van der Waals surface area contributed by atoms with E-state index in [0.29, 0.717) is 0 Å². The monoisotopic (exact) mass is 440 g/mol. The van der Waals surface area contributed by atoms with Crippen LogP contribution in [0.5, 0.6) is 0 Å². The number of sulfonamides is 1. The lowest BCUT2D eigenvalue weighted by atomic mass is 10.2. The SMILES string of the molecule is CC(C)(C)[Si](NS(=O)(=O)c1ccc([N+](=O)[O-])cc1)(c1ccccc1)c1ccccc1. The fourth-order valence-electron chi connectivity index (χ4n) is 3.69. The van der Waals surface area contributed by atoms with Gasteiger partial charge in [0, 0.05) is 12.1 Å². The summed E-state index contributed by atoms with van der Waals surface area (Å²) in [6.45, 7) is 6.12. The van der Waals surface area contributed by atoms with E-state index in [9.17, 15) is 18.5 Å². The first-order chi connectivity index (χ1) is 14.1. The zero-order valence-corrected chi connectivity index (χ0v) is 18.9. The first-order valence-corrected chi connectivity index (χ1v) is 13.0. The van der Waals surface area contributed by atoms with Gasteiger partial charge >= 0.3 is 0 Å².